The summed E-state index contributed by atoms with van der Waals surface area (Å²) in [6, 6.07) is -1.94. The van der Waals surface area contributed by atoms with Gasteiger partial charge in [0.2, 0.25) is 6.04 Å². The monoisotopic (exact) mass is 208 g/mol. The van der Waals surface area contributed by atoms with E-state index in [2.05, 4.69) is 0 Å². The first-order chi connectivity index (χ1) is 6.28. The number of carboxylic acid groups (broad SMARTS) is 3. The lowest BCUT2D eigenvalue weighted by Gasteiger charge is -2.26. The van der Waals surface area contributed by atoms with Crippen LogP contribution in [-0.4, -0.2) is 62.8 Å². The van der Waals surface area contributed by atoms with Crippen molar-refractivity contribution in [3.63, 3.8) is 0 Å². The molecule has 0 aliphatic heterocycles. The second-order valence-corrected chi connectivity index (χ2v) is 2.68. The standard InChI is InChI=1S/C6H9NO7/c1-7(5(11)12,6(13)14)3(2-8)4(9)10/h3,8H,2H2,1H3,(H2-,9,10,11,12,13,14)/p+1. The third-order valence-electron chi connectivity index (χ3n) is 1.88. The molecule has 0 aromatic heterocycles. The molecule has 1 unspecified atom stereocenters. The highest BCUT2D eigenvalue weighted by molar-refractivity contribution is 5.81. The number of quaternary nitrogens is 1. The van der Waals surface area contributed by atoms with Gasteiger partial charge in [-0.3, -0.25) is 0 Å². The first-order valence-corrected chi connectivity index (χ1v) is 3.45. The maximum absolute atomic E-state index is 10.6. The van der Waals surface area contributed by atoms with Crippen molar-refractivity contribution in [3.8, 4) is 0 Å². The number of rotatable bonds is 3. The molecule has 80 valence electrons. The van der Waals surface area contributed by atoms with Gasteiger partial charge in [-0.15, -0.1) is 4.48 Å². The van der Waals surface area contributed by atoms with Crippen LogP contribution in [0, 0.1) is 0 Å². The third kappa shape index (κ3) is 1.80. The summed E-state index contributed by atoms with van der Waals surface area (Å²) >= 11 is 0. The number of carboxylic acids is 1. The van der Waals surface area contributed by atoms with Crippen molar-refractivity contribution in [1.29, 1.82) is 0 Å². The quantitative estimate of drug-likeness (QED) is 0.448. The lowest BCUT2D eigenvalue weighted by atomic mass is 10.2. The Balaban J connectivity index is 5.28. The summed E-state index contributed by atoms with van der Waals surface area (Å²) in [6.07, 6.45) is -3.72. The summed E-state index contributed by atoms with van der Waals surface area (Å²) in [5.74, 6) is -1.69. The zero-order chi connectivity index (χ0) is 11.5. The molecular weight excluding hydrogens is 198 g/mol. The Kier molecular flexibility index (Phi) is 3.55. The molecule has 0 aliphatic carbocycles. The Labute approximate surface area is 78.2 Å². The number of amides is 2. The Morgan fingerprint density at radius 2 is 1.50 bits per heavy atom. The molecule has 0 rings (SSSR count). The van der Waals surface area contributed by atoms with E-state index in [4.69, 9.17) is 20.4 Å². The molecule has 0 fully saturated rings. The van der Waals surface area contributed by atoms with Crippen molar-refractivity contribution < 1.29 is 39.3 Å². The topological polar surface area (TPSA) is 132 Å². The molecule has 8 heteroatoms. The number of aliphatic hydroxyl groups excluding tert-OH is 1. The fourth-order valence-electron chi connectivity index (χ4n) is 0.811. The Morgan fingerprint density at radius 3 is 1.57 bits per heavy atom. The molecule has 8 nitrogen and oxygen atoms in total. The predicted octanol–water partition coefficient (Wildman–Crippen LogP) is -0.766. The zero-order valence-electron chi connectivity index (χ0n) is 7.25. The summed E-state index contributed by atoms with van der Waals surface area (Å²) in [5, 5.41) is 34.3. The predicted molar refractivity (Wildman–Crippen MR) is 40.7 cm³/mol. The highest BCUT2D eigenvalue weighted by atomic mass is 16.5. The number of hydrogen-bond acceptors (Lipinski definition) is 4. The Bertz CT molecular complexity index is 259. The largest absolute Gasteiger partial charge is 0.524 e. The molecule has 0 aromatic rings. The van der Waals surface area contributed by atoms with E-state index >= 15 is 0 Å². The fraction of sp³-hybridized carbons (Fsp3) is 0.500. The average Bonchev–Trinajstić information content (AvgIpc) is 2.03. The maximum Gasteiger partial charge on any atom is 0.524 e. The summed E-state index contributed by atoms with van der Waals surface area (Å²) in [4.78, 5) is 31.7. The molecule has 0 saturated carbocycles. The van der Waals surface area contributed by atoms with Crippen molar-refractivity contribution in [2.45, 2.75) is 6.04 Å². The molecular formula is C6H10NO7+. The number of aliphatic hydroxyl groups is 1. The van der Waals surface area contributed by atoms with Gasteiger partial charge in [-0.2, -0.15) is 9.59 Å². The average molecular weight is 208 g/mol. The lowest BCUT2D eigenvalue weighted by Crippen LogP contribution is -2.63. The van der Waals surface area contributed by atoms with Crippen LogP contribution < -0.4 is 0 Å². The van der Waals surface area contributed by atoms with Gasteiger partial charge in [-0.1, -0.05) is 0 Å². The van der Waals surface area contributed by atoms with Gasteiger partial charge in [0.05, 0.1) is 7.05 Å². The van der Waals surface area contributed by atoms with E-state index in [-0.39, 0.29) is 0 Å². The van der Waals surface area contributed by atoms with Crippen molar-refractivity contribution in [1.82, 2.24) is 0 Å². The van der Waals surface area contributed by atoms with Crippen LogP contribution in [-0.2, 0) is 4.79 Å². The van der Waals surface area contributed by atoms with Gasteiger partial charge in [0.25, 0.3) is 0 Å². The molecule has 1 atom stereocenters. The number of likely N-dealkylation sites (N-methyl/N-ethyl adjacent to an activating group) is 1. The smallest absolute Gasteiger partial charge is 0.477 e. The van der Waals surface area contributed by atoms with Gasteiger partial charge >= 0.3 is 18.2 Å². The summed E-state index contributed by atoms with van der Waals surface area (Å²) in [5.41, 5.74) is 0. The molecule has 0 radical (unpaired) electrons. The SMILES string of the molecule is C[N+](C(=O)O)(C(=O)O)C(CO)C(=O)O. The Hall–Kier alpha value is -1.67. The van der Waals surface area contributed by atoms with Gasteiger partial charge in [0, 0.05) is 0 Å². The summed E-state index contributed by atoms with van der Waals surface area (Å²) in [6.45, 7) is -1.08. The molecule has 0 aromatic carbocycles. The minimum absolute atomic E-state index is 0.680. The number of imide groups is 1. The first kappa shape index (κ1) is 12.3. The van der Waals surface area contributed by atoms with Crippen LogP contribution in [0.15, 0.2) is 0 Å². The second-order valence-electron chi connectivity index (χ2n) is 2.68. The van der Waals surface area contributed by atoms with Gasteiger partial charge in [0.1, 0.15) is 6.61 Å². The van der Waals surface area contributed by atoms with E-state index in [0.717, 1.165) is 0 Å². The van der Waals surface area contributed by atoms with Crippen molar-refractivity contribution in [2.24, 2.45) is 0 Å². The number of hydrogen-bond donors (Lipinski definition) is 4. The van der Waals surface area contributed by atoms with E-state index in [0.29, 0.717) is 7.05 Å². The van der Waals surface area contributed by atoms with Crippen LogP contribution in [0.3, 0.4) is 0 Å². The van der Waals surface area contributed by atoms with E-state index in [9.17, 15) is 14.4 Å². The molecule has 0 bridgehead atoms. The van der Waals surface area contributed by atoms with Crippen LogP contribution in [0.1, 0.15) is 0 Å². The number of nitrogens with zero attached hydrogens (tertiary/aromatic N) is 1. The van der Waals surface area contributed by atoms with Crippen LogP contribution in [0.4, 0.5) is 9.59 Å². The third-order valence-corrected chi connectivity index (χ3v) is 1.88. The van der Waals surface area contributed by atoms with Gasteiger partial charge < -0.3 is 20.4 Å². The van der Waals surface area contributed by atoms with Crippen LogP contribution >= 0.6 is 0 Å². The lowest BCUT2D eigenvalue weighted by molar-refractivity contribution is -0.782. The van der Waals surface area contributed by atoms with E-state index < -0.39 is 35.3 Å². The van der Waals surface area contributed by atoms with Crippen molar-refractivity contribution in [2.75, 3.05) is 13.7 Å². The van der Waals surface area contributed by atoms with Crippen LogP contribution in [0.25, 0.3) is 0 Å². The number of carbonyl (C=O) groups is 3. The molecule has 2 amide bonds. The highest BCUT2D eigenvalue weighted by Crippen LogP contribution is 2.12. The molecule has 4 N–H and O–H groups in total. The van der Waals surface area contributed by atoms with E-state index in [1.165, 1.54) is 0 Å². The fourth-order valence-corrected chi connectivity index (χ4v) is 0.811. The Morgan fingerprint density at radius 1 is 1.14 bits per heavy atom. The maximum atomic E-state index is 10.6. The highest BCUT2D eigenvalue weighted by Gasteiger charge is 2.52. The van der Waals surface area contributed by atoms with Crippen molar-refractivity contribution in [3.05, 3.63) is 0 Å². The molecule has 0 saturated heterocycles. The molecule has 0 heterocycles. The molecule has 14 heavy (non-hydrogen) atoms. The summed E-state index contributed by atoms with van der Waals surface area (Å²) < 4.78 is -1.81. The minimum atomic E-state index is -1.94. The molecule has 0 spiro atoms. The van der Waals surface area contributed by atoms with Crippen LogP contribution in [0.2, 0.25) is 0 Å². The second kappa shape index (κ2) is 4.03. The minimum Gasteiger partial charge on any atom is -0.477 e. The molecule has 0 aliphatic rings. The normalized spacial score (nSPS) is 13.3. The van der Waals surface area contributed by atoms with Gasteiger partial charge in [0.15, 0.2) is 0 Å². The van der Waals surface area contributed by atoms with Gasteiger partial charge in [-0.25, -0.2) is 4.79 Å². The van der Waals surface area contributed by atoms with E-state index in [1.807, 2.05) is 0 Å². The zero-order valence-corrected chi connectivity index (χ0v) is 7.25. The van der Waals surface area contributed by atoms with E-state index in [1.54, 1.807) is 0 Å². The first-order valence-electron chi connectivity index (χ1n) is 3.45. The van der Waals surface area contributed by atoms with Crippen molar-refractivity contribution >= 4 is 18.2 Å². The van der Waals surface area contributed by atoms with Gasteiger partial charge in [-0.05, 0) is 0 Å². The van der Waals surface area contributed by atoms with Crippen LogP contribution in [0.5, 0.6) is 0 Å². The summed E-state index contributed by atoms with van der Waals surface area (Å²) in [7, 11) is 0.680. The number of aliphatic carboxylic acids is 1.